The van der Waals surface area contributed by atoms with Gasteiger partial charge in [0.2, 0.25) is 10.0 Å². The average Bonchev–Trinajstić information content (AvgIpc) is 2.76. The molecular formula is C12H15NO3S. The van der Waals surface area contributed by atoms with Crippen LogP contribution in [0.3, 0.4) is 0 Å². The summed E-state index contributed by atoms with van der Waals surface area (Å²) < 4.78 is 31.2. The van der Waals surface area contributed by atoms with Crippen LogP contribution in [0, 0.1) is 6.92 Å². The summed E-state index contributed by atoms with van der Waals surface area (Å²) in [6.07, 6.45) is 4.91. The smallest absolute Gasteiger partial charge is 0.240 e. The Bertz CT molecular complexity index is 579. The highest BCUT2D eigenvalue weighted by Crippen LogP contribution is 2.29. The monoisotopic (exact) mass is 253 g/mol. The van der Waals surface area contributed by atoms with Crippen molar-refractivity contribution in [1.82, 2.24) is 4.72 Å². The minimum atomic E-state index is -3.36. The summed E-state index contributed by atoms with van der Waals surface area (Å²) in [5, 5.41) is 0. The molecule has 0 amide bonds. The van der Waals surface area contributed by atoms with Crippen molar-refractivity contribution in [2.75, 3.05) is 7.05 Å². The first-order chi connectivity index (χ1) is 8.03. The van der Waals surface area contributed by atoms with Crippen LogP contribution in [0.15, 0.2) is 33.6 Å². The van der Waals surface area contributed by atoms with E-state index in [9.17, 15) is 8.42 Å². The summed E-state index contributed by atoms with van der Waals surface area (Å²) >= 11 is 0. The van der Waals surface area contributed by atoms with Crippen LogP contribution < -0.4 is 4.72 Å². The van der Waals surface area contributed by atoms with Crippen LogP contribution in [0.4, 0.5) is 0 Å². The number of hydrogen-bond donors (Lipinski definition) is 1. The third kappa shape index (κ3) is 2.50. The van der Waals surface area contributed by atoms with Gasteiger partial charge >= 0.3 is 0 Å². The molecule has 0 fully saturated rings. The van der Waals surface area contributed by atoms with E-state index in [1.807, 2.05) is 19.1 Å². The predicted molar refractivity (Wildman–Crippen MR) is 66.7 cm³/mol. The van der Waals surface area contributed by atoms with Gasteiger partial charge in [-0.1, -0.05) is 6.08 Å². The summed E-state index contributed by atoms with van der Waals surface area (Å²) in [5.74, 6) is 1.58. The largest absolute Gasteiger partial charge is 0.462 e. The van der Waals surface area contributed by atoms with Gasteiger partial charge in [-0.3, -0.25) is 0 Å². The van der Waals surface area contributed by atoms with E-state index >= 15 is 0 Å². The maximum atomic E-state index is 11.7. The van der Waals surface area contributed by atoms with Crippen molar-refractivity contribution in [3.63, 3.8) is 0 Å². The molecule has 0 bridgehead atoms. The van der Waals surface area contributed by atoms with Gasteiger partial charge in [0.1, 0.15) is 11.5 Å². The third-order valence-electron chi connectivity index (χ3n) is 2.71. The van der Waals surface area contributed by atoms with E-state index < -0.39 is 10.0 Å². The lowest BCUT2D eigenvalue weighted by atomic mass is 10.0. The fraction of sp³-hybridized carbons (Fsp3) is 0.333. The molecule has 4 nitrogen and oxygen atoms in total. The SMILES string of the molecule is CNS(=O)(=O)C1=CCCC(c2ccc(C)o2)=C1. The summed E-state index contributed by atoms with van der Waals surface area (Å²) in [5.41, 5.74) is 0.925. The number of sulfonamides is 1. The van der Waals surface area contributed by atoms with Gasteiger partial charge in [0.25, 0.3) is 0 Å². The molecule has 5 heteroatoms. The second kappa shape index (κ2) is 4.50. The Balaban J connectivity index is 2.36. The Morgan fingerprint density at radius 1 is 1.35 bits per heavy atom. The standard InChI is InChI=1S/C12H15NO3S/c1-9-6-7-12(16-9)10-4-3-5-11(8-10)17(14,15)13-2/h5-8,13H,3-4H2,1-2H3. The van der Waals surface area contributed by atoms with Crippen molar-refractivity contribution < 1.29 is 12.8 Å². The minimum Gasteiger partial charge on any atom is -0.462 e. The summed E-state index contributed by atoms with van der Waals surface area (Å²) in [7, 11) is -1.95. The molecule has 0 unspecified atom stereocenters. The molecule has 1 aliphatic rings. The van der Waals surface area contributed by atoms with E-state index in [4.69, 9.17) is 4.42 Å². The molecule has 0 radical (unpaired) electrons. The molecule has 17 heavy (non-hydrogen) atoms. The Morgan fingerprint density at radius 2 is 2.12 bits per heavy atom. The summed E-state index contributed by atoms with van der Waals surface area (Å²) in [6.45, 7) is 1.87. The van der Waals surface area contributed by atoms with Gasteiger partial charge in [-0.2, -0.15) is 0 Å². The first-order valence-corrected chi connectivity index (χ1v) is 6.92. The Kier molecular flexibility index (Phi) is 3.22. The zero-order chi connectivity index (χ0) is 12.5. The van der Waals surface area contributed by atoms with Crippen LogP contribution in [0.1, 0.15) is 24.4 Å². The fourth-order valence-corrected chi connectivity index (χ4v) is 2.65. The molecule has 0 aromatic carbocycles. The Morgan fingerprint density at radius 3 is 2.71 bits per heavy atom. The van der Waals surface area contributed by atoms with E-state index in [2.05, 4.69) is 4.72 Å². The van der Waals surface area contributed by atoms with Crippen LogP contribution in [-0.4, -0.2) is 15.5 Å². The molecule has 1 heterocycles. The third-order valence-corrected chi connectivity index (χ3v) is 4.15. The van der Waals surface area contributed by atoms with Gasteiger partial charge in [0.05, 0.1) is 4.91 Å². The van der Waals surface area contributed by atoms with Crippen molar-refractivity contribution in [1.29, 1.82) is 0 Å². The van der Waals surface area contributed by atoms with Crippen molar-refractivity contribution in [2.45, 2.75) is 19.8 Å². The van der Waals surface area contributed by atoms with Crippen molar-refractivity contribution in [3.8, 4) is 0 Å². The maximum absolute atomic E-state index is 11.7. The van der Waals surface area contributed by atoms with E-state index in [0.717, 1.165) is 23.5 Å². The summed E-state index contributed by atoms with van der Waals surface area (Å²) in [4.78, 5) is 0.315. The van der Waals surface area contributed by atoms with Crippen LogP contribution >= 0.6 is 0 Å². The van der Waals surface area contributed by atoms with Gasteiger partial charge < -0.3 is 4.42 Å². The van der Waals surface area contributed by atoms with Crippen LogP contribution in [0.2, 0.25) is 0 Å². The number of aryl methyl sites for hydroxylation is 1. The highest BCUT2D eigenvalue weighted by molar-refractivity contribution is 7.93. The normalized spacial score (nSPS) is 16.6. The van der Waals surface area contributed by atoms with E-state index in [1.54, 1.807) is 12.2 Å². The van der Waals surface area contributed by atoms with Gasteiger partial charge in [-0.05, 0) is 50.6 Å². The van der Waals surface area contributed by atoms with E-state index in [0.29, 0.717) is 11.3 Å². The average molecular weight is 253 g/mol. The molecular weight excluding hydrogens is 238 g/mol. The van der Waals surface area contributed by atoms with Crippen LogP contribution in [-0.2, 0) is 10.0 Å². The van der Waals surface area contributed by atoms with E-state index in [-0.39, 0.29) is 0 Å². The minimum absolute atomic E-state index is 0.315. The number of furan rings is 1. The topological polar surface area (TPSA) is 59.3 Å². The molecule has 0 saturated carbocycles. The molecule has 0 saturated heterocycles. The number of nitrogens with one attached hydrogen (secondary N) is 1. The van der Waals surface area contributed by atoms with Crippen LogP contribution in [0.5, 0.6) is 0 Å². The predicted octanol–water partition coefficient (Wildman–Crippen LogP) is 2.20. The van der Waals surface area contributed by atoms with Gasteiger partial charge in [0, 0.05) is 0 Å². The molecule has 1 N–H and O–H groups in total. The van der Waals surface area contributed by atoms with Gasteiger partial charge in [-0.15, -0.1) is 0 Å². The molecule has 2 rings (SSSR count). The van der Waals surface area contributed by atoms with Crippen LogP contribution in [0.25, 0.3) is 5.57 Å². The number of hydrogen-bond acceptors (Lipinski definition) is 3. The molecule has 1 aromatic rings. The lowest BCUT2D eigenvalue weighted by Gasteiger charge is -2.12. The summed E-state index contributed by atoms with van der Waals surface area (Å²) in [6, 6.07) is 3.75. The second-order valence-corrected chi connectivity index (χ2v) is 5.82. The van der Waals surface area contributed by atoms with Crippen molar-refractivity contribution in [2.24, 2.45) is 0 Å². The molecule has 0 spiro atoms. The highest BCUT2D eigenvalue weighted by Gasteiger charge is 2.18. The quantitative estimate of drug-likeness (QED) is 0.898. The Labute approximate surface area is 101 Å². The second-order valence-electron chi connectivity index (χ2n) is 3.93. The first-order valence-electron chi connectivity index (χ1n) is 5.44. The lowest BCUT2D eigenvalue weighted by Crippen LogP contribution is -2.20. The molecule has 0 aliphatic heterocycles. The van der Waals surface area contributed by atoms with Gasteiger partial charge in [-0.25, -0.2) is 13.1 Å². The van der Waals surface area contributed by atoms with Crippen molar-refractivity contribution in [3.05, 3.63) is 40.7 Å². The Hall–Kier alpha value is -1.33. The maximum Gasteiger partial charge on any atom is 0.240 e. The molecule has 0 atom stereocenters. The van der Waals surface area contributed by atoms with E-state index in [1.165, 1.54) is 7.05 Å². The van der Waals surface area contributed by atoms with Gasteiger partial charge in [0.15, 0.2) is 0 Å². The van der Waals surface area contributed by atoms with Crippen molar-refractivity contribution >= 4 is 15.6 Å². The highest BCUT2D eigenvalue weighted by atomic mass is 32.2. The zero-order valence-corrected chi connectivity index (χ0v) is 10.7. The molecule has 1 aliphatic carbocycles. The number of allylic oxidation sites excluding steroid dienone is 3. The zero-order valence-electron chi connectivity index (χ0n) is 9.86. The first kappa shape index (κ1) is 12.1. The molecule has 1 aromatic heterocycles. The lowest BCUT2D eigenvalue weighted by molar-refractivity contribution is 0.519. The molecule has 92 valence electrons. The fourth-order valence-electron chi connectivity index (χ4n) is 1.78. The number of rotatable bonds is 3.